The molecule has 156 valence electrons. The number of rotatable bonds is 6. The Morgan fingerprint density at radius 1 is 1.29 bits per heavy atom. The van der Waals surface area contributed by atoms with E-state index < -0.39 is 0 Å². The van der Waals surface area contributed by atoms with Crippen LogP contribution in [0.3, 0.4) is 0 Å². The van der Waals surface area contributed by atoms with E-state index in [0.29, 0.717) is 12.4 Å². The monoisotopic (exact) mass is 518 g/mol. The van der Waals surface area contributed by atoms with E-state index in [1.165, 1.54) is 12.8 Å². The van der Waals surface area contributed by atoms with Crippen molar-refractivity contribution in [2.75, 3.05) is 31.6 Å². The standard InChI is InChI=1S/C19H30N6OS.HI/c1-19(2,3)15-11-22-16(26-15)12-23-17(20-4)21-8-7-14-13-27-18(24-14)25-9-5-6-10-25;/h11,13H,5-10,12H2,1-4H3,(H2,20,21,23);1H. The molecule has 0 saturated carbocycles. The molecule has 1 saturated heterocycles. The zero-order chi connectivity index (χ0) is 19.3. The first-order valence-corrected chi connectivity index (χ1v) is 10.4. The maximum atomic E-state index is 5.80. The number of halogens is 1. The third-order valence-corrected chi connectivity index (χ3v) is 5.46. The molecule has 0 spiro atoms. The number of guanidine groups is 1. The van der Waals surface area contributed by atoms with Crippen LogP contribution in [0.5, 0.6) is 0 Å². The van der Waals surface area contributed by atoms with Gasteiger partial charge in [0.25, 0.3) is 0 Å². The summed E-state index contributed by atoms with van der Waals surface area (Å²) in [7, 11) is 1.76. The van der Waals surface area contributed by atoms with Crippen molar-refractivity contribution in [1.29, 1.82) is 0 Å². The number of hydrogen-bond acceptors (Lipinski definition) is 6. The number of hydrogen-bond donors (Lipinski definition) is 2. The molecular weight excluding hydrogens is 487 g/mol. The van der Waals surface area contributed by atoms with Crippen molar-refractivity contribution in [3.63, 3.8) is 0 Å². The van der Waals surface area contributed by atoms with Crippen LogP contribution >= 0.6 is 35.3 Å². The molecule has 7 nitrogen and oxygen atoms in total. The molecular formula is C19H31IN6OS. The lowest BCUT2D eigenvalue weighted by molar-refractivity contribution is 0.379. The van der Waals surface area contributed by atoms with E-state index in [9.17, 15) is 0 Å². The molecule has 28 heavy (non-hydrogen) atoms. The molecule has 1 aliphatic rings. The maximum absolute atomic E-state index is 5.80. The average molecular weight is 518 g/mol. The Morgan fingerprint density at radius 2 is 2.04 bits per heavy atom. The first-order valence-electron chi connectivity index (χ1n) is 9.55. The highest BCUT2D eigenvalue weighted by molar-refractivity contribution is 14.0. The lowest BCUT2D eigenvalue weighted by atomic mass is 9.94. The number of nitrogens with zero attached hydrogens (tertiary/aromatic N) is 4. The van der Waals surface area contributed by atoms with Crippen LogP contribution in [0.1, 0.15) is 51.0 Å². The summed E-state index contributed by atoms with van der Waals surface area (Å²) in [5.41, 5.74) is 1.10. The average Bonchev–Trinajstić information content (AvgIpc) is 3.38. The Kier molecular flexibility index (Phi) is 8.54. The predicted octanol–water partition coefficient (Wildman–Crippen LogP) is 3.55. The molecule has 2 aromatic rings. The Morgan fingerprint density at radius 3 is 2.68 bits per heavy atom. The van der Waals surface area contributed by atoms with Gasteiger partial charge in [-0.25, -0.2) is 9.97 Å². The molecule has 0 atom stereocenters. The minimum atomic E-state index is -0.0351. The number of anilines is 1. The van der Waals surface area contributed by atoms with E-state index >= 15 is 0 Å². The van der Waals surface area contributed by atoms with Gasteiger partial charge in [0.05, 0.1) is 18.4 Å². The molecule has 0 aliphatic carbocycles. The quantitative estimate of drug-likeness (QED) is 0.346. The molecule has 0 radical (unpaired) electrons. The van der Waals surface area contributed by atoms with Crippen molar-refractivity contribution >= 4 is 46.4 Å². The summed E-state index contributed by atoms with van der Waals surface area (Å²) >= 11 is 1.74. The van der Waals surface area contributed by atoms with Gasteiger partial charge in [-0.05, 0) is 12.8 Å². The normalized spacial score (nSPS) is 14.9. The molecule has 0 unspecified atom stereocenters. The summed E-state index contributed by atoms with van der Waals surface area (Å²) in [6.45, 7) is 9.89. The van der Waals surface area contributed by atoms with Gasteiger partial charge in [-0.3, -0.25) is 4.99 Å². The fraction of sp³-hybridized carbons (Fsp3) is 0.632. The van der Waals surface area contributed by atoms with Gasteiger partial charge >= 0.3 is 0 Å². The number of nitrogens with one attached hydrogen (secondary N) is 2. The van der Waals surface area contributed by atoms with Crippen molar-refractivity contribution in [1.82, 2.24) is 20.6 Å². The van der Waals surface area contributed by atoms with E-state index in [1.54, 1.807) is 24.6 Å². The van der Waals surface area contributed by atoms with Crippen LogP contribution in [0.25, 0.3) is 0 Å². The van der Waals surface area contributed by atoms with Crippen LogP contribution < -0.4 is 15.5 Å². The SMILES string of the molecule is CN=C(NCCc1csc(N2CCCC2)n1)NCc1ncc(C(C)(C)C)o1.I. The van der Waals surface area contributed by atoms with Gasteiger partial charge in [0, 0.05) is 43.9 Å². The summed E-state index contributed by atoms with van der Waals surface area (Å²) in [5.74, 6) is 2.29. The van der Waals surface area contributed by atoms with Crippen LogP contribution in [-0.4, -0.2) is 42.6 Å². The topological polar surface area (TPSA) is 78.6 Å². The molecule has 0 bridgehead atoms. The molecule has 1 aliphatic heterocycles. The van der Waals surface area contributed by atoms with E-state index in [1.807, 2.05) is 0 Å². The predicted molar refractivity (Wildman–Crippen MR) is 126 cm³/mol. The van der Waals surface area contributed by atoms with E-state index in [0.717, 1.165) is 48.6 Å². The zero-order valence-electron chi connectivity index (χ0n) is 17.1. The molecule has 2 aromatic heterocycles. The lowest BCUT2D eigenvalue weighted by Gasteiger charge is -2.13. The fourth-order valence-corrected chi connectivity index (χ4v) is 3.81. The van der Waals surface area contributed by atoms with Gasteiger partial charge in [-0.2, -0.15) is 0 Å². The Hall–Kier alpha value is -1.36. The molecule has 3 rings (SSSR count). The van der Waals surface area contributed by atoms with Gasteiger partial charge in [0.15, 0.2) is 11.1 Å². The van der Waals surface area contributed by atoms with Gasteiger partial charge in [-0.1, -0.05) is 20.8 Å². The van der Waals surface area contributed by atoms with Gasteiger partial charge in [0.1, 0.15) is 5.76 Å². The fourth-order valence-electron chi connectivity index (χ4n) is 2.89. The second-order valence-electron chi connectivity index (χ2n) is 7.79. The number of aliphatic imine (C=N–C) groups is 1. The van der Waals surface area contributed by atoms with Crippen molar-refractivity contribution in [2.24, 2.45) is 4.99 Å². The van der Waals surface area contributed by atoms with E-state index in [-0.39, 0.29) is 29.4 Å². The largest absolute Gasteiger partial charge is 0.443 e. The number of thiazole rings is 1. The molecule has 2 N–H and O–H groups in total. The molecule has 0 amide bonds. The van der Waals surface area contributed by atoms with Gasteiger partial charge < -0.3 is 20.0 Å². The number of aromatic nitrogens is 2. The first-order chi connectivity index (χ1) is 13.0. The Labute approximate surface area is 188 Å². The summed E-state index contributed by atoms with van der Waals surface area (Å²) in [6.07, 6.45) is 5.23. The van der Waals surface area contributed by atoms with Crippen LogP contribution in [0.4, 0.5) is 5.13 Å². The summed E-state index contributed by atoms with van der Waals surface area (Å²) in [4.78, 5) is 15.7. The minimum Gasteiger partial charge on any atom is -0.443 e. The molecule has 3 heterocycles. The van der Waals surface area contributed by atoms with E-state index in [2.05, 4.69) is 51.7 Å². The van der Waals surface area contributed by atoms with Gasteiger partial charge in [0.2, 0.25) is 5.89 Å². The van der Waals surface area contributed by atoms with Crippen molar-refractivity contribution in [3.05, 3.63) is 28.9 Å². The second kappa shape index (κ2) is 10.4. The van der Waals surface area contributed by atoms with Crippen molar-refractivity contribution in [2.45, 2.75) is 52.0 Å². The van der Waals surface area contributed by atoms with Crippen molar-refractivity contribution in [3.8, 4) is 0 Å². The minimum absolute atomic E-state index is 0. The van der Waals surface area contributed by atoms with Crippen LogP contribution in [0.2, 0.25) is 0 Å². The van der Waals surface area contributed by atoms with Crippen LogP contribution in [0.15, 0.2) is 21.0 Å². The highest BCUT2D eigenvalue weighted by Gasteiger charge is 2.19. The van der Waals surface area contributed by atoms with E-state index in [4.69, 9.17) is 9.40 Å². The number of oxazole rings is 1. The molecule has 9 heteroatoms. The summed E-state index contributed by atoms with van der Waals surface area (Å²) < 4.78 is 5.80. The molecule has 0 aromatic carbocycles. The van der Waals surface area contributed by atoms with Crippen molar-refractivity contribution < 1.29 is 4.42 Å². The zero-order valence-corrected chi connectivity index (χ0v) is 20.3. The van der Waals surface area contributed by atoms with Crippen LogP contribution in [0, 0.1) is 0 Å². The van der Waals surface area contributed by atoms with Crippen LogP contribution in [-0.2, 0) is 18.4 Å². The Balaban J connectivity index is 0.00000280. The molecule has 1 fully saturated rings. The smallest absolute Gasteiger partial charge is 0.213 e. The highest BCUT2D eigenvalue weighted by atomic mass is 127. The second-order valence-corrected chi connectivity index (χ2v) is 8.62. The summed E-state index contributed by atoms with van der Waals surface area (Å²) in [6, 6.07) is 0. The first kappa shape index (κ1) is 22.9. The lowest BCUT2D eigenvalue weighted by Crippen LogP contribution is -2.38. The highest BCUT2D eigenvalue weighted by Crippen LogP contribution is 2.24. The third-order valence-electron chi connectivity index (χ3n) is 4.51. The maximum Gasteiger partial charge on any atom is 0.213 e. The summed E-state index contributed by atoms with van der Waals surface area (Å²) in [5, 5.41) is 9.88. The third kappa shape index (κ3) is 6.33. The van der Waals surface area contributed by atoms with Gasteiger partial charge in [-0.15, -0.1) is 35.3 Å². The Bertz CT molecular complexity index is 761.